The second-order valence-electron chi connectivity index (χ2n) is 12.8. The molecule has 0 amide bonds. The first-order chi connectivity index (χ1) is 22.8. The highest BCUT2D eigenvalue weighted by atomic mass is 16.5. The molecule has 0 saturated heterocycles. The molecular weight excluding hydrogens is 556 g/mol. The number of hydrogen-bond donors (Lipinski definition) is 0. The summed E-state index contributed by atoms with van der Waals surface area (Å²) < 4.78 is 6.67. The van der Waals surface area contributed by atoms with Crippen LogP contribution in [0.4, 0.5) is 0 Å². The van der Waals surface area contributed by atoms with Gasteiger partial charge in [0.1, 0.15) is 11.5 Å². The van der Waals surface area contributed by atoms with Gasteiger partial charge in [0.25, 0.3) is 0 Å². The summed E-state index contributed by atoms with van der Waals surface area (Å²) in [6.07, 6.45) is 0. The Balaban J connectivity index is 1.30. The van der Waals surface area contributed by atoms with Crippen LogP contribution in [0.5, 0.6) is 11.5 Å². The SMILES string of the molecule is c1ccc2c(c1)-c1cc3ccccc3cc1C21c2ccccc2-c2cccc(-c3cccc4c3-c3cccc5cccc(c35)O4)c21. The lowest BCUT2D eigenvalue weighted by Gasteiger charge is -2.33. The van der Waals surface area contributed by atoms with Gasteiger partial charge in [0, 0.05) is 10.9 Å². The third-order valence-electron chi connectivity index (χ3n) is 10.6. The second-order valence-corrected chi connectivity index (χ2v) is 12.8. The summed E-state index contributed by atoms with van der Waals surface area (Å²) in [5.74, 6) is 1.83. The summed E-state index contributed by atoms with van der Waals surface area (Å²) in [5, 5.41) is 4.92. The lowest BCUT2D eigenvalue weighted by atomic mass is 9.68. The van der Waals surface area contributed by atoms with Crippen molar-refractivity contribution in [1.29, 1.82) is 0 Å². The first-order valence-electron chi connectivity index (χ1n) is 16.0. The van der Waals surface area contributed by atoms with Crippen molar-refractivity contribution in [3.63, 3.8) is 0 Å². The van der Waals surface area contributed by atoms with Crippen LogP contribution in [0.25, 0.3) is 66.1 Å². The molecule has 46 heavy (non-hydrogen) atoms. The molecule has 0 fully saturated rings. The molecule has 8 aromatic carbocycles. The topological polar surface area (TPSA) is 9.23 Å². The number of ether oxygens (including phenoxy) is 1. The first kappa shape index (κ1) is 24.4. The van der Waals surface area contributed by atoms with Crippen LogP contribution in [0.3, 0.4) is 0 Å². The Morgan fingerprint density at radius 1 is 0.348 bits per heavy atom. The van der Waals surface area contributed by atoms with E-state index in [0.29, 0.717) is 0 Å². The van der Waals surface area contributed by atoms with Crippen LogP contribution in [-0.2, 0) is 5.41 Å². The van der Waals surface area contributed by atoms with E-state index in [-0.39, 0.29) is 0 Å². The smallest absolute Gasteiger partial charge is 0.135 e. The van der Waals surface area contributed by atoms with Crippen LogP contribution in [0.2, 0.25) is 0 Å². The summed E-state index contributed by atoms with van der Waals surface area (Å²) >= 11 is 0. The van der Waals surface area contributed by atoms with Crippen molar-refractivity contribution in [1.82, 2.24) is 0 Å². The minimum absolute atomic E-state index is 0.458. The van der Waals surface area contributed by atoms with Crippen molar-refractivity contribution in [2.24, 2.45) is 0 Å². The van der Waals surface area contributed by atoms with Crippen molar-refractivity contribution < 1.29 is 4.74 Å². The fourth-order valence-electron chi connectivity index (χ4n) is 8.94. The van der Waals surface area contributed by atoms with Crippen molar-refractivity contribution in [2.75, 3.05) is 0 Å². The van der Waals surface area contributed by atoms with Crippen LogP contribution in [0.1, 0.15) is 22.3 Å². The molecule has 0 bridgehead atoms. The van der Waals surface area contributed by atoms with Gasteiger partial charge in [0.05, 0.1) is 5.41 Å². The van der Waals surface area contributed by atoms with E-state index in [0.717, 1.165) is 17.1 Å². The highest BCUT2D eigenvalue weighted by molar-refractivity contribution is 6.09. The largest absolute Gasteiger partial charge is 0.456 e. The number of rotatable bonds is 1. The minimum Gasteiger partial charge on any atom is -0.456 e. The van der Waals surface area contributed by atoms with Gasteiger partial charge in [-0.25, -0.2) is 0 Å². The van der Waals surface area contributed by atoms with Gasteiger partial charge in [-0.05, 0) is 102 Å². The Morgan fingerprint density at radius 3 is 1.67 bits per heavy atom. The summed E-state index contributed by atoms with van der Waals surface area (Å²) in [7, 11) is 0. The van der Waals surface area contributed by atoms with E-state index in [4.69, 9.17) is 4.74 Å². The van der Waals surface area contributed by atoms with Crippen molar-refractivity contribution in [3.05, 3.63) is 180 Å². The third-order valence-corrected chi connectivity index (χ3v) is 10.6. The molecule has 1 spiro atoms. The molecule has 0 aromatic heterocycles. The van der Waals surface area contributed by atoms with Gasteiger partial charge in [0.15, 0.2) is 0 Å². The lowest BCUT2D eigenvalue weighted by Crippen LogP contribution is -2.26. The monoisotopic (exact) mass is 582 g/mol. The maximum absolute atomic E-state index is 6.67. The molecule has 0 N–H and O–H groups in total. The third kappa shape index (κ3) is 2.87. The average Bonchev–Trinajstić information content (AvgIpc) is 3.57. The summed E-state index contributed by atoms with van der Waals surface area (Å²) in [5.41, 5.74) is 15.1. The normalized spacial score (nSPS) is 16.1. The molecule has 0 saturated carbocycles. The Labute approximate surface area is 267 Å². The zero-order chi connectivity index (χ0) is 30.0. The Hall–Kier alpha value is -5.92. The average molecular weight is 583 g/mol. The summed E-state index contributed by atoms with van der Waals surface area (Å²) in [6, 6.07) is 58.3. The van der Waals surface area contributed by atoms with E-state index >= 15 is 0 Å². The van der Waals surface area contributed by atoms with E-state index in [1.165, 1.54) is 82.7 Å². The van der Waals surface area contributed by atoms with Gasteiger partial charge < -0.3 is 4.74 Å². The number of hydrogen-bond acceptors (Lipinski definition) is 1. The Bertz CT molecular complexity index is 2620. The molecule has 0 radical (unpaired) electrons. The minimum atomic E-state index is -0.458. The highest BCUT2D eigenvalue weighted by Crippen LogP contribution is 2.65. The molecule has 1 heteroatoms. The molecule has 3 aliphatic rings. The van der Waals surface area contributed by atoms with Crippen LogP contribution in [0, 0.1) is 0 Å². The van der Waals surface area contributed by atoms with Crippen molar-refractivity contribution in [3.8, 4) is 56.0 Å². The standard InChI is InChI=1S/C45H26O/c1-2-12-29-26-39-36(25-28(29)11-1)31-16-4-6-22-38(31)45(39)37-21-5-3-15-30(37)33-18-9-19-34(44(33)45)32-17-10-24-41-43(32)35-20-7-13-27-14-8-23-40(46-41)42(27)35/h1-26H. The zero-order valence-corrected chi connectivity index (χ0v) is 24.9. The summed E-state index contributed by atoms with van der Waals surface area (Å²) in [4.78, 5) is 0. The van der Waals surface area contributed by atoms with Gasteiger partial charge in [-0.15, -0.1) is 0 Å². The lowest BCUT2D eigenvalue weighted by molar-refractivity contribution is 0.487. The molecule has 1 aliphatic heterocycles. The quantitative estimate of drug-likeness (QED) is 0.187. The van der Waals surface area contributed by atoms with Gasteiger partial charge >= 0.3 is 0 Å². The number of benzene rings is 8. The molecule has 212 valence electrons. The zero-order valence-electron chi connectivity index (χ0n) is 24.9. The van der Waals surface area contributed by atoms with Gasteiger partial charge in [0.2, 0.25) is 0 Å². The fourth-order valence-corrected chi connectivity index (χ4v) is 8.94. The van der Waals surface area contributed by atoms with Crippen LogP contribution in [0.15, 0.2) is 158 Å². The van der Waals surface area contributed by atoms with E-state index in [1.54, 1.807) is 0 Å². The molecule has 1 heterocycles. The molecule has 2 aliphatic carbocycles. The predicted octanol–water partition coefficient (Wildman–Crippen LogP) is 11.8. The fraction of sp³-hybridized carbons (Fsp3) is 0.0222. The molecular formula is C45H26O. The van der Waals surface area contributed by atoms with E-state index in [9.17, 15) is 0 Å². The van der Waals surface area contributed by atoms with Gasteiger partial charge in [-0.1, -0.05) is 133 Å². The van der Waals surface area contributed by atoms with E-state index in [2.05, 4.69) is 158 Å². The predicted molar refractivity (Wildman–Crippen MR) is 189 cm³/mol. The van der Waals surface area contributed by atoms with Crippen LogP contribution >= 0.6 is 0 Å². The molecule has 1 unspecified atom stereocenters. The first-order valence-corrected chi connectivity index (χ1v) is 16.0. The van der Waals surface area contributed by atoms with Gasteiger partial charge in [-0.3, -0.25) is 0 Å². The number of fused-ring (bicyclic) bond motifs is 13. The molecule has 1 nitrogen and oxygen atoms in total. The van der Waals surface area contributed by atoms with E-state index < -0.39 is 5.41 Å². The highest BCUT2D eigenvalue weighted by Gasteiger charge is 2.53. The second kappa shape index (κ2) is 8.62. The van der Waals surface area contributed by atoms with Gasteiger partial charge in [-0.2, -0.15) is 0 Å². The van der Waals surface area contributed by atoms with E-state index in [1.807, 2.05) is 0 Å². The van der Waals surface area contributed by atoms with Crippen molar-refractivity contribution >= 4 is 21.5 Å². The molecule has 11 rings (SSSR count). The molecule has 8 aromatic rings. The molecule has 1 atom stereocenters. The maximum atomic E-state index is 6.67. The maximum Gasteiger partial charge on any atom is 0.135 e. The van der Waals surface area contributed by atoms with Crippen LogP contribution < -0.4 is 4.74 Å². The Morgan fingerprint density at radius 2 is 0.870 bits per heavy atom. The van der Waals surface area contributed by atoms with Crippen molar-refractivity contribution in [2.45, 2.75) is 5.41 Å². The van der Waals surface area contributed by atoms with Crippen LogP contribution in [-0.4, -0.2) is 0 Å². The Kier molecular flexibility index (Phi) is 4.57. The summed E-state index contributed by atoms with van der Waals surface area (Å²) in [6.45, 7) is 0.